The molecule has 6 heteroatoms. The molecule has 2 aromatic carbocycles. The van der Waals surface area contributed by atoms with E-state index in [0.29, 0.717) is 20.9 Å². The quantitative estimate of drug-likeness (QED) is 0.734. The number of anilines is 1. The maximum atomic E-state index is 12.6. The van der Waals surface area contributed by atoms with E-state index in [1.54, 1.807) is 24.3 Å². The number of aryl methyl sites for hydroxylation is 1. The topological polar surface area (TPSA) is 63.2 Å². The van der Waals surface area contributed by atoms with Crippen LogP contribution in [0.1, 0.15) is 20.8 Å². The first-order chi connectivity index (χ1) is 12.0. The number of thiophene rings is 1. The lowest BCUT2D eigenvalue weighted by Crippen LogP contribution is -2.11. The normalized spacial score (nSPS) is 14.4. The summed E-state index contributed by atoms with van der Waals surface area (Å²) in [5.74, 6) is -0.281. The summed E-state index contributed by atoms with van der Waals surface area (Å²) in [5, 5.41) is 2.90. The summed E-state index contributed by atoms with van der Waals surface area (Å²) in [6.45, 7) is 1.93. The highest BCUT2D eigenvalue weighted by molar-refractivity contribution is 7.91. The molecule has 0 aliphatic carbocycles. The van der Waals surface area contributed by atoms with Gasteiger partial charge in [0.2, 0.25) is 0 Å². The highest BCUT2D eigenvalue weighted by Gasteiger charge is 2.30. The van der Waals surface area contributed by atoms with E-state index in [1.807, 2.05) is 37.3 Å². The molecule has 4 rings (SSSR count). The number of benzene rings is 2. The third kappa shape index (κ3) is 2.77. The Morgan fingerprint density at radius 1 is 1.08 bits per heavy atom. The van der Waals surface area contributed by atoms with Crippen molar-refractivity contribution in [2.45, 2.75) is 17.6 Å². The van der Waals surface area contributed by atoms with Gasteiger partial charge in [-0.1, -0.05) is 36.4 Å². The Hall–Kier alpha value is -2.44. The van der Waals surface area contributed by atoms with Gasteiger partial charge in [0.15, 0.2) is 9.84 Å². The molecule has 0 fully saturated rings. The number of nitrogens with one attached hydrogen (secondary N) is 1. The number of rotatable bonds is 2. The second-order valence-corrected chi connectivity index (χ2v) is 9.00. The van der Waals surface area contributed by atoms with Crippen molar-refractivity contribution in [3.63, 3.8) is 0 Å². The third-order valence-corrected chi connectivity index (χ3v) is 7.16. The molecule has 0 atom stereocenters. The standard InChI is InChI=1S/C19H15NO3S2/c1-12-6-2-4-8-15(12)20-19(21)16-10-13-11-25(22,23)17-9-5-3-7-14(17)18(13)24-16/h2-10H,11H2,1H3,(H,20,21). The fourth-order valence-electron chi connectivity index (χ4n) is 2.98. The lowest BCUT2D eigenvalue weighted by molar-refractivity contribution is 0.103. The van der Waals surface area contributed by atoms with Gasteiger partial charge in [-0.2, -0.15) is 0 Å². The molecule has 1 aliphatic rings. The highest BCUT2D eigenvalue weighted by atomic mass is 32.2. The van der Waals surface area contributed by atoms with Crippen LogP contribution in [0.15, 0.2) is 59.5 Å². The van der Waals surface area contributed by atoms with Gasteiger partial charge in [0.1, 0.15) is 0 Å². The first-order valence-electron chi connectivity index (χ1n) is 7.77. The Morgan fingerprint density at radius 2 is 1.80 bits per heavy atom. The van der Waals surface area contributed by atoms with Gasteiger partial charge in [-0.25, -0.2) is 8.42 Å². The van der Waals surface area contributed by atoms with Crippen LogP contribution in [0.5, 0.6) is 0 Å². The van der Waals surface area contributed by atoms with Gasteiger partial charge in [0, 0.05) is 16.1 Å². The number of hydrogen-bond acceptors (Lipinski definition) is 4. The Bertz CT molecular complexity index is 1100. The van der Waals surface area contributed by atoms with Crippen LogP contribution >= 0.6 is 11.3 Å². The van der Waals surface area contributed by atoms with Gasteiger partial charge in [-0.15, -0.1) is 11.3 Å². The van der Waals surface area contributed by atoms with Crippen LogP contribution in [0.2, 0.25) is 0 Å². The summed E-state index contributed by atoms with van der Waals surface area (Å²) in [6, 6.07) is 16.2. The maximum Gasteiger partial charge on any atom is 0.265 e. The average Bonchev–Trinajstić information content (AvgIpc) is 3.00. The zero-order valence-electron chi connectivity index (χ0n) is 13.4. The summed E-state index contributed by atoms with van der Waals surface area (Å²) >= 11 is 1.34. The Morgan fingerprint density at radius 3 is 2.60 bits per heavy atom. The summed E-state index contributed by atoms with van der Waals surface area (Å²) < 4.78 is 24.9. The van der Waals surface area contributed by atoms with Crippen molar-refractivity contribution < 1.29 is 13.2 Å². The lowest BCUT2D eigenvalue weighted by atomic mass is 10.1. The fraction of sp³-hybridized carbons (Fsp3) is 0.105. The number of carbonyl (C=O) groups excluding carboxylic acids is 1. The van der Waals surface area contributed by atoms with Crippen molar-refractivity contribution in [2.75, 3.05) is 5.32 Å². The monoisotopic (exact) mass is 369 g/mol. The van der Waals surface area contributed by atoms with Crippen molar-refractivity contribution in [2.24, 2.45) is 0 Å². The largest absolute Gasteiger partial charge is 0.321 e. The van der Waals surface area contributed by atoms with Gasteiger partial charge < -0.3 is 5.32 Å². The number of fused-ring (bicyclic) bond motifs is 3. The predicted octanol–water partition coefficient (Wildman–Crippen LogP) is 4.26. The maximum absolute atomic E-state index is 12.6. The minimum absolute atomic E-state index is 0.0620. The molecule has 0 bridgehead atoms. The Balaban J connectivity index is 1.74. The van der Waals surface area contributed by atoms with E-state index < -0.39 is 9.84 Å². The molecule has 0 radical (unpaired) electrons. The average molecular weight is 369 g/mol. The first kappa shape index (κ1) is 16.1. The molecule has 0 saturated carbocycles. The summed E-state index contributed by atoms with van der Waals surface area (Å²) in [5.41, 5.74) is 3.11. The van der Waals surface area contributed by atoms with Crippen molar-refractivity contribution in [3.05, 3.63) is 70.6 Å². The van der Waals surface area contributed by atoms with Crippen molar-refractivity contribution >= 4 is 32.8 Å². The fourth-order valence-corrected chi connectivity index (χ4v) is 5.84. The molecule has 3 aromatic rings. The van der Waals surface area contributed by atoms with Crippen molar-refractivity contribution in [3.8, 4) is 10.4 Å². The molecule has 126 valence electrons. The van der Waals surface area contributed by atoms with Gasteiger partial charge in [0.05, 0.1) is 15.5 Å². The molecule has 0 spiro atoms. The Labute approximate surface area is 150 Å². The molecule has 1 aromatic heterocycles. The van der Waals surface area contributed by atoms with Crippen LogP contribution in [0.3, 0.4) is 0 Å². The van der Waals surface area contributed by atoms with Crippen molar-refractivity contribution in [1.82, 2.24) is 0 Å². The summed E-state index contributed by atoms with van der Waals surface area (Å²) in [7, 11) is -3.36. The number of carbonyl (C=O) groups is 1. The van der Waals surface area contributed by atoms with E-state index in [1.165, 1.54) is 11.3 Å². The third-order valence-electron chi connectivity index (χ3n) is 4.24. The van der Waals surface area contributed by atoms with Gasteiger partial charge >= 0.3 is 0 Å². The predicted molar refractivity (Wildman–Crippen MR) is 99.8 cm³/mol. The molecule has 0 unspecified atom stereocenters. The highest BCUT2D eigenvalue weighted by Crippen LogP contribution is 2.42. The minimum Gasteiger partial charge on any atom is -0.321 e. The van der Waals surface area contributed by atoms with Crippen LogP contribution in [0, 0.1) is 6.92 Å². The molecule has 4 nitrogen and oxygen atoms in total. The molecule has 1 amide bonds. The van der Waals surface area contributed by atoms with Crippen LogP contribution in [0.4, 0.5) is 5.69 Å². The van der Waals surface area contributed by atoms with E-state index >= 15 is 0 Å². The van der Waals surface area contributed by atoms with Crippen LogP contribution in [0.25, 0.3) is 10.4 Å². The van der Waals surface area contributed by atoms with Crippen LogP contribution in [-0.4, -0.2) is 14.3 Å². The van der Waals surface area contributed by atoms with Crippen LogP contribution < -0.4 is 5.32 Å². The first-order valence-corrected chi connectivity index (χ1v) is 10.2. The molecule has 1 N–H and O–H groups in total. The lowest BCUT2D eigenvalue weighted by Gasteiger charge is -2.15. The number of sulfone groups is 1. The second-order valence-electron chi connectivity index (χ2n) is 5.99. The minimum atomic E-state index is -3.36. The SMILES string of the molecule is Cc1ccccc1NC(=O)c1cc2c(s1)-c1ccccc1S(=O)(=O)C2. The molecule has 25 heavy (non-hydrogen) atoms. The van der Waals surface area contributed by atoms with E-state index in [4.69, 9.17) is 0 Å². The van der Waals surface area contributed by atoms with E-state index in [-0.39, 0.29) is 11.7 Å². The molecule has 0 saturated heterocycles. The van der Waals surface area contributed by atoms with E-state index in [0.717, 1.165) is 16.1 Å². The van der Waals surface area contributed by atoms with Gasteiger partial charge in [-0.05, 0) is 36.2 Å². The number of hydrogen-bond donors (Lipinski definition) is 1. The summed E-state index contributed by atoms with van der Waals surface area (Å²) in [4.78, 5) is 14.3. The van der Waals surface area contributed by atoms with Gasteiger partial charge in [0.25, 0.3) is 5.91 Å². The zero-order valence-corrected chi connectivity index (χ0v) is 15.1. The van der Waals surface area contributed by atoms with E-state index in [9.17, 15) is 13.2 Å². The zero-order chi connectivity index (χ0) is 17.6. The van der Waals surface area contributed by atoms with Crippen molar-refractivity contribution in [1.29, 1.82) is 0 Å². The molecule has 2 heterocycles. The van der Waals surface area contributed by atoms with E-state index in [2.05, 4.69) is 5.32 Å². The molecular weight excluding hydrogens is 354 g/mol. The second kappa shape index (κ2) is 5.82. The van der Waals surface area contributed by atoms with Gasteiger partial charge in [-0.3, -0.25) is 4.79 Å². The van der Waals surface area contributed by atoms with Crippen LogP contribution in [-0.2, 0) is 15.6 Å². The molecular formula is C19H15NO3S2. The Kier molecular flexibility index (Phi) is 3.74. The summed E-state index contributed by atoms with van der Waals surface area (Å²) in [6.07, 6.45) is 0. The molecule has 1 aliphatic heterocycles. The number of amides is 1. The number of para-hydroxylation sites is 1. The smallest absolute Gasteiger partial charge is 0.265 e.